The quantitative estimate of drug-likeness (QED) is 0.544. The second kappa shape index (κ2) is 4.80. The minimum absolute atomic E-state index is 0.0357. The highest BCUT2D eigenvalue weighted by atomic mass is 16.3. The van der Waals surface area contributed by atoms with Gasteiger partial charge in [-0.15, -0.1) is 0 Å². The van der Waals surface area contributed by atoms with Gasteiger partial charge >= 0.3 is 0 Å². The van der Waals surface area contributed by atoms with Gasteiger partial charge in [0.1, 0.15) is 0 Å². The average Bonchev–Trinajstić information content (AvgIpc) is 2.82. The molecule has 94 valence electrons. The Labute approximate surface area is 102 Å². The minimum atomic E-state index is -0.724. The number of fused-ring (bicyclic) bond motifs is 1. The van der Waals surface area contributed by atoms with Crippen molar-refractivity contribution < 1.29 is 9.90 Å². The third-order valence-corrected chi connectivity index (χ3v) is 2.33. The first-order valence-corrected chi connectivity index (χ1v) is 5.14. The molecular weight excluding hydrogens is 236 g/mol. The molecule has 0 unspecified atom stereocenters. The summed E-state index contributed by atoms with van der Waals surface area (Å²) in [5, 5.41) is 18.6. The molecule has 2 heterocycles. The van der Waals surface area contributed by atoms with Gasteiger partial charge in [0.05, 0.1) is 24.2 Å². The normalized spacial score (nSPS) is 12.3. The molecule has 0 saturated heterocycles. The Morgan fingerprint density at radius 1 is 1.61 bits per heavy atom. The Balaban J connectivity index is 2.19. The molecule has 5 N–H and O–H groups in total. The largest absolute Gasteiger partial charge is 0.401 e. The zero-order chi connectivity index (χ0) is 13.1. The van der Waals surface area contributed by atoms with Crippen LogP contribution in [-0.4, -0.2) is 43.8 Å². The van der Waals surface area contributed by atoms with Gasteiger partial charge in [-0.05, 0) is 0 Å². The lowest BCUT2D eigenvalue weighted by Gasteiger charge is -2.14. The molecule has 0 aliphatic carbocycles. The summed E-state index contributed by atoms with van der Waals surface area (Å²) in [6, 6.07) is -0.724. The number of hydrogen-bond donors (Lipinski definition) is 4. The van der Waals surface area contributed by atoms with E-state index in [4.69, 9.17) is 10.8 Å². The number of nitrogens with one attached hydrogen (secondary N) is 2. The van der Waals surface area contributed by atoms with Crippen LogP contribution < -0.4 is 11.1 Å². The number of amides is 1. The lowest BCUT2D eigenvalue weighted by Crippen LogP contribution is -2.41. The SMILES string of the molecule is C=C(N)[C@H](CO)NC(=O)c1ncc2cn[nH]c2n1. The van der Waals surface area contributed by atoms with Crippen LogP contribution in [0.4, 0.5) is 0 Å². The zero-order valence-corrected chi connectivity index (χ0v) is 9.42. The Morgan fingerprint density at radius 3 is 3.06 bits per heavy atom. The van der Waals surface area contributed by atoms with Crippen LogP contribution in [0.1, 0.15) is 10.6 Å². The summed E-state index contributed by atoms with van der Waals surface area (Å²) in [7, 11) is 0. The van der Waals surface area contributed by atoms with Crippen molar-refractivity contribution in [2.45, 2.75) is 6.04 Å². The van der Waals surface area contributed by atoms with E-state index in [0.29, 0.717) is 11.0 Å². The number of hydrogen-bond acceptors (Lipinski definition) is 6. The minimum Gasteiger partial charge on any atom is -0.401 e. The number of aliphatic hydroxyl groups excluding tert-OH is 1. The first-order chi connectivity index (χ1) is 8.61. The third kappa shape index (κ3) is 2.28. The molecule has 2 aromatic heterocycles. The molecule has 0 bridgehead atoms. The smallest absolute Gasteiger partial charge is 0.289 e. The number of nitrogens with two attached hydrogens (primary N) is 1. The van der Waals surface area contributed by atoms with E-state index < -0.39 is 11.9 Å². The summed E-state index contributed by atoms with van der Waals surface area (Å²) >= 11 is 0. The maximum absolute atomic E-state index is 11.8. The Hall–Kier alpha value is -2.48. The Bertz CT molecular complexity index is 593. The first-order valence-electron chi connectivity index (χ1n) is 5.14. The van der Waals surface area contributed by atoms with Crippen LogP contribution in [-0.2, 0) is 0 Å². The van der Waals surface area contributed by atoms with Crippen molar-refractivity contribution in [2.75, 3.05) is 6.61 Å². The highest BCUT2D eigenvalue weighted by Crippen LogP contribution is 2.05. The van der Waals surface area contributed by atoms with Crippen molar-refractivity contribution in [2.24, 2.45) is 5.73 Å². The molecule has 2 aromatic rings. The molecule has 2 rings (SSSR count). The molecule has 1 amide bonds. The maximum Gasteiger partial charge on any atom is 0.289 e. The predicted molar refractivity (Wildman–Crippen MR) is 63.4 cm³/mol. The van der Waals surface area contributed by atoms with Gasteiger partial charge < -0.3 is 16.2 Å². The molecular formula is C10H12N6O2. The van der Waals surface area contributed by atoms with Crippen LogP contribution in [0.15, 0.2) is 24.7 Å². The van der Waals surface area contributed by atoms with E-state index >= 15 is 0 Å². The van der Waals surface area contributed by atoms with E-state index in [0.717, 1.165) is 0 Å². The van der Waals surface area contributed by atoms with Crippen molar-refractivity contribution in [3.05, 3.63) is 30.5 Å². The van der Waals surface area contributed by atoms with Crippen molar-refractivity contribution in [3.8, 4) is 0 Å². The second-order valence-corrected chi connectivity index (χ2v) is 3.65. The van der Waals surface area contributed by atoms with E-state index in [1.807, 2.05) is 0 Å². The Morgan fingerprint density at radius 2 is 2.39 bits per heavy atom. The number of aliphatic hydroxyl groups is 1. The summed E-state index contributed by atoms with van der Waals surface area (Å²) in [6.45, 7) is 3.12. The van der Waals surface area contributed by atoms with Crippen LogP contribution in [0.2, 0.25) is 0 Å². The van der Waals surface area contributed by atoms with Gasteiger partial charge in [0.15, 0.2) is 5.65 Å². The van der Waals surface area contributed by atoms with Gasteiger partial charge in [-0.3, -0.25) is 9.89 Å². The monoisotopic (exact) mass is 248 g/mol. The van der Waals surface area contributed by atoms with Gasteiger partial charge in [0, 0.05) is 11.9 Å². The highest BCUT2D eigenvalue weighted by Gasteiger charge is 2.16. The molecule has 0 aromatic carbocycles. The summed E-state index contributed by atoms with van der Waals surface area (Å²) < 4.78 is 0. The average molecular weight is 248 g/mol. The number of aromatic amines is 1. The van der Waals surface area contributed by atoms with E-state index in [1.54, 1.807) is 6.20 Å². The van der Waals surface area contributed by atoms with Crippen molar-refractivity contribution >= 4 is 16.9 Å². The van der Waals surface area contributed by atoms with Crippen molar-refractivity contribution in [1.82, 2.24) is 25.5 Å². The van der Waals surface area contributed by atoms with Crippen LogP contribution in [0.5, 0.6) is 0 Å². The van der Waals surface area contributed by atoms with E-state index in [-0.39, 0.29) is 18.1 Å². The maximum atomic E-state index is 11.8. The molecule has 0 aliphatic rings. The number of H-pyrrole nitrogens is 1. The molecule has 1 atom stereocenters. The van der Waals surface area contributed by atoms with Gasteiger partial charge in [-0.2, -0.15) is 5.10 Å². The number of nitrogens with zero attached hydrogens (tertiary/aromatic N) is 3. The zero-order valence-electron chi connectivity index (χ0n) is 9.42. The fraction of sp³-hybridized carbons (Fsp3) is 0.200. The van der Waals surface area contributed by atoms with Crippen LogP contribution in [0, 0.1) is 0 Å². The standard InChI is InChI=1S/C10H12N6O2/c1-5(11)7(4-17)14-10(18)9-12-2-6-3-13-16-8(6)15-9/h2-3,7,17H,1,4,11H2,(H,14,18)(H,12,13,15,16)/t7-/m0/s1. The molecule has 8 nitrogen and oxygen atoms in total. The van der Waals surface area contributed by atoms with Crippen molar-refractivity contribution in [1.29, 1.82) is 0 Å². The highest BCUT2D eigenvalue weighted by molar-refractivity contribution is 5.92. The third-order valence-electron chi connectivity index (χ3n) is 2.33. The number of carbonyl (C=O) groups excluding carboxylic acids is 1. The van der Waals surface area contributed by atoms with Crippen LogP contribution >= 0.6 is 0 Å². The molecule has 0 radical (unpaired) electrons. The fourth-order valence-corrected chi connectivity index (χ4v) is 1.33. The summed E-state index contributed by atoms with van der Waals surface area (Å²) in [5.74, 6) is -0.580. The van der Waals surface area contributed by atoms with E-state index in [1.165, 1.54) is 6.20 Å². The molecule has 0 aliphatic heterocycles. The lowest BCUT2D eigenvalue weighted by molar-refractivity contribution is 0.0916. The fourth-order valence-electron chi connectivity index (χ4n) is 1.33. The van der Waals surface area contributed by atoms with E-state index in [9.17, 15) is 4.79 Å². The summed E-state index contributed by atoms with van der Waals surface area (Å²) in [6.07, 6.45) is 3.03. The number of aromatic nitrogens is 4. The Kier molecular flexibility index (Phi) is 3.20. The molecule has 0 saturated carbocycles. The molecule has 8 heteroatoms. The molecule has 0 fully saturated rings. The summed E-state index contributed by atoms with van der Waals surface area (Å²) in [5.41, 5.74) is 6.04. The summed E-state index contributed by atoms with van der Waals surface area (Å²) in [4.78, 5) is 19.7. The molecule has 0 spiro atoms. The number of carbonyl (C=O) groups is 1. The predicted octanol–water partition coefficient (Wildman–Crippen LogP) is -1.08. The van der Waals surface area contributed by atoms with Crippen LogP contribution in [0.3, 0.4) is 0 Å². The van der Waals surface area contributed by atoms with Crippen LogP contribution in [0.25, 0.3) is 11.0 Å². The second-order valence-electron chi connectivity index (χ2n) is 3.65. The number of rotatable bonds is 4. The van der Waals surface area contributed by atoms with Crippen molar-refractivity contribution in [3.63, 3.8) is 0 Å². The van der Waals surface area contributed by atoms with Gasteiger partial charge in [-0.1, -0.05) is 6.58 Å². The van der Waals surface area contributed by atoms with Gasteiger partial charge in [0.2, 0.25) is 5.82 Å². The lowest BCUT2D eigenvalue weighted by atomic mass is 10.2. The van der Waals surface area contributed by atoms with Gasteiger partial charge in [0.25, 0.3) is 5.91 Å². The van der Waals surface area contributed by atoms with E-state index in [2.05, 4.69) is 32.1 Å². The molecule has 18 heavy (non-hydrogen) atoms. The first kappa shape index (κ1) is 12.0. The topological polar surface area (TPSA) is 130 Å². The van der Waals surface area contributed by atoms with Gasteiger partial charge in [-0.25, -0.2) is 9.97 Å².